The molecule has 96 valence electrons. The van der Waals surface area contributed by atoms with Gasteiger partial charge in [-0.25, -0.2) is 4.98 Å². The normalized spacial score (nSPS) is 11.8. The summed E-state index contributed by atoms with van der Waals surface area (Å²) in [7, 11) is 0. The predicted molar refractivity (Wildman–Crippen MR) is 63.4 cm³/mol. The molecule has 0 fully saturated rings. The number of hydrogen-bond acceptors (Lipinski definition) is 5. The number of aliphatic hydroxyl groups excluding tert-OH is 1. The van der Waals surface area contributed by atoms with E-state index in [1.165, 1.54) is 10.9 Å². The molecule has 0 aliphatic carbocycles. The van der Waals surface area contributed by atoms with Gasteiger partial charge in [0.25, 0.3) is 0 Å². The molecule has 1 unspecified atom stereocenters. The maximum Gasteiger partial charge on any atom is 0.176 e. The molecule has 0 aliphatic heterocycles. The summed E-state index contributed by atoms with van der Waals surface area (Å²) in [6.45, 7) is 3.09. The molecule has 0 aliphatic rings. The van der Waals surface area contributed by atoms with Crippen molar-refractivity contribution in [1.82, 2.24) is 9.55 Å². The first-order valence-electron chi connectivity index (χ1n) is 5.84. The molecular formula is C12H16N4O2. The van der Waals surface area contributed by atoms with Crippen molar-refractivity contribution in [3.8, 4) is 12.1 Å². The molecule has 6 nitrogen and oxygen atoms in total. The number of aromatic nitrogens is 2. The molecule has 0 aromatic carbocycles. The molecule has 0 saturated carbocycles. The second kappa shape index (κ2) is 7.44. The van der Waals surface area contributed by atoms with E-state index >= 15 is 0 Å². The molecule has 1 atom stereocenters. The van der Waals surface area contributed by atoms with Crippen LogP contribution in [0.3, 0.4) is 0 Å². The minimum absolute atomic E-state index is 0.0802. The zero-order valence-corrected chi connectivity index (χ0v) is 10.3. The van der Waals surface area contributed by atoms with Crippen LogP contribution in [0, 0.1) is 22.7 Å². The maximum atomic E-state index is 9.74. The van der Waals surface area contributed by atoms with Crippen molar-refractivity contribution < 1.29 is 9.84 Å². The van der Waals surface area contributed by atoms with Crippen molar-refractivity contribution in [2.45, 2.75) is 32.4 Å². The van der Waals surface area contributed by atoms with Gasteiger partial charge in [0, 0.05) is 6.61 Å². The number of unbranched alkanes of at least 4 members (excludes halogenated alkanes) is 1. The third-order valence-electron chi connectivity index (χ3n) is 2.41. The molecule has 0 bridgehead atoms. The van der Waals surface area contributed by atoms with Gasteiger partial charge in [0.1, 0.15) is 12.1 Å². The van der Waals surface area contributed by atoms with E-state index in [2.05, 4.69) is 11.9 Å². The second-order valence-corrected chi connectivity index (χ2v) is 3.90. The first kappa shape index (κ1) is 14.2. The number of nitrogens with zero attached hydrogens (tertiary/aromatic N) is 4. The van der Waals surface area contributed by atoms with E-state index in [1.807, 2.05) is 12.1 Å². The van der Waals surface area contributed by atoms with Gasteiger partial charge in [0.15, 0.2) is 11.4 Å². The van der Waals surface area contributed by atoms with Crippen LogP contribution in [-0.2, 0) is 11.3 Å². The first-order valence-corrected chi connectivity index (χ1v) is 5.84. The van der Waals surface area contributed by atoms with Crippen molar-refractivity contribution in [2.24, 2.45) is 0 Å². The monoisotopic (exact) mass is 248 g/mol. The number of aliphatic hydroxyl groups is 1. The molecule has 18 heavy (non-hydrogen) atoms. The number of hydrogen-bond donors (Lipinski definition) is 1. The molecule has 1 aromatic rings. The Labute approximate surface area is 106 Å². The Balaban J connectivity index is 2.50. The zero-order chi connectivity index (χ0) is 13.4. The number of ether oxygens (including phenoxy) is 1. The fraction of sp³-hybridized carbons (Fsp3) is 0.583. The van der Waals surface area contributed by atoms with Gasteiger partial charge in [0.05, 0.1) is 25.6 Å². The highest BCUT2D eigenvalue weighted by molar-refractivity contribution is 5.36. The Kier molecular flexibility index (Phi) is 5.86. The molecule has 0 radical (unpaired) electrons. The minimum Gasteiger partial charge on any atom is -0.389 e. The zero-order valence-electron chi connectivity index (χ0n) is 10.3. The highest BCUT2D eigenvalue weighted by Gasteiger charge is 2.13. The van der Waals surface area contributed by atoms with E-state index < -0.39 is 6.10 Å². The van der Waals surface area contributed by atoms with E-state index in [4.69, 9.17) is 15.3 Å². The third-order valence-corrected chi connectivity index (χ3v) is 2.41. The van der Waals surface area contributed by atoms with Crippen molar-refractivity contribution >= 4 is 0 Å². The summed E-state index contributed by atoms with van der Waals surface area (Å²) in [5.74, 6) is 0. The quantitative estimate of drug-likeness (QED) is 0.720. The SMILES string of the molecule is CCCCOCC(O)Cn1cnc(C#N)c1C#N. The highest BCUT2D eigenvalue weighted by atomic mass is 16.5. The van der Waals surface area contributed by atoms with Crippen molar-refractivity contribution in [3.63, 3.8) is 0 Å². The summed E-state index contributed by atoms with van der Waals surface area (Å²) >= 11 is 0. The summed E-state index contributed by atoms with van der Waals surface area (Å²) in [6, 6.07) is 3.74. The average molecular weight is 248 g/mol. The van der Waals surface area contributed by atoms with Crippen molar-refractivity contribution in [1.29, 1.82) is 10.5 Å². The predicted octanol–water partition coefficient (Wildman–Crippen LogP) is 0.804. The van der Waals surface area contributed by atoms with E-state index in [0.29, 0.717) is 6.61 Å². The fourth-order valence-electron chi connectivity index (χ4n) is 1.47. The van der Waals surface area contributed by atoms with Gasteiger partial charge in [-0.15, -0.1) is 0 Å². The largest absolute Gasteiger partial charge is 0.389 e. The molecule has 0 saturated heterocycles. The first-order chi connectivity index (χ1) is 8.72. The summed E-state index contributed by atoms with van der Waals surface area (Å²) in [4.78, 5) is 3.80. The third kappa shape index (κ3) is 3.85. The van der Waals surface area contributed by atoms with E-state index in [0.717, 1.165) is 12.8 Å². The van der Waals surface area contributed by atoms with Crippen LogP contribution in [0.25, 0.3) is 0 Å². The van der Waals surface area contributed by atoms with Crippen molar-refractivity contribution in [3.05, 3.63) is 17.7 Å². The topological polar surface area (TPSA) is 94.9 Å². The van der Waals surface area contributed by atoms with Gasteiger partial charge < -0.3 is 14.4 Å². The lowest BCUT2D eigenvalue weighted by Gasteiger charge is -2.12. The molecule has 1 aromatic heterocycles. The summed E-state index contributed by atoms with van der Waals surface area (Å²) in [5, 5.41) is 27.4. The van der Waals surface area contributed by atoms with Crippen LogP contribution in [0.15, 0.2) is 6.33 Å². The van der Waals surface area contributed by atoms with Gasteiger partial charge in [-0.2, -0.15) is 10.5 Å². The molecule has 6 heteroatoms. The lowest BCUT2D eigenvalue weighted by atomic mass is 10.3. The Bertz CT molecular complexity index is 456. The number of rotatable bonds is 7. The molecular weight excluding hydrogens is 232 g/mol. The van der Waals surface area contributed by atoms with Crippen LogP contribution in [0.2, 0.25) is 0 Å². The van der Waals surface area contributed by atoms with Gasteiger partial charge in [0.2, 0.25) is 0 Å². The van der Waals surface area contributed by atoms with Gasteiger partial charge in [-0.3, -0.25) is 0 Å². The highest BCUT2D eigenvalue weighted by Crippen LogP contribution is 2.06. The molecule has 0 amide bonds. The summed E-state index contributed by atoms with van der Waals surface area (Å²) in [5.41, 5.74) is 0.252. The molecule has 1 N–H and O–H groups in total. The standard InChI is InChI=1S/C12H16N4O2/c1-2-3-4-18-8-10(17)7-16-9-15-11(5-13)12(16)6-14/h9-10,17H,2-4,7-8H2,1H3. The summed E-state index contributed by atoms with van der Waals surface area (Å²) in [6.07, 6.45) is 2.67. The smallest absolute Gasteiger partial charge is 0.176 e. The van der Waals surface area contributed by atoms with Crippen molar-refractivity contribution in [2.75, 3.05) is 13.2 Å². The fourth-order valence-corrected chi connectivity index (χ4v) is 1.47. The van der Waals surface area contributed by atoms with E-state index in [-0.39, 0.29) is 24.5 Å². The number of imidazole rings is 1. The Morgan fingerprint density at radius 1 is 1.50 bits per heavy atom. The van der Waals surface area contributed by atoms with Crippen LogP contribution in [0.1, 0.15) is 31.2 Å². The summed E-state index contributed by atoms with van der Waals surface area (Å²) < 4.78 is 6.75. The van der Waals surface area contributed by atoms with E-state index in [9.17, 15) is 5.11 Å². The van der Waals surface area contributed by atoms with Crippen LogP contribution in [-0.4, -0.2) is 34.0 Å². The van der Waals surface area contributed by atoms with Crippen LogP contribution in [0.4, 0.5) is 0 Å². The average Bonchev–Trinajstić information content (AvgIpc) is 2.76. The lowest BCUT2D eigenvalue weighted by Crippen LogP contribution is -2.22. The van der Waals surface area contributed by atoms with Crippen LogP contribution in [0.5, 0.6) is 0 Å². The lowest BCUT2D eigenvalue weighted by molar-refractivity contribution is 0.0270. The Morgan fingerprint density at radius 3 is 2.89 bits per heavy atom. The minimum atomic E-state index is -0.713. The maximum absolute atomic E-state index is 9.74. The molecule has 0 spiro atoms. The van der Waals surface area contributed by atoms with E-state index in [1.54, 1.807) is 0 Å². The molecule has 1 rings (SSSR count). The molecule has 1 heterocycles. The van der Waals surface area contributed by atoms with Crippen LogP contribution >= 0.6 is 0 Å². The Hall–Kier alpha value is -1.89. The van der Waals surface area contributed by atoms with Gasteiger partial charge in [-0.05, 0) is 6.42 Å². The van der Waals surface area contributed by atoms with Crippen LogP contribution < -0.4 is 0 Å². The second-order valence-electron chi connectivity index (χ2n) is 3.90. The Morgan fingerprint density at radius 2 is 2.28 bits per heavy atom. The van der Waals surface area contributed by atoms with Gasteiger partial charge in [-0.1, -0.05) is 13.3 Å². The van der Waals surface area contributed by atoms with Gasteiger partial charge >= 0.3 is 0 Å². The number of nitriles is 2.